The van der Waals surface area contributed by atoms with Gasteiger partial charge in [0.25, 0.3) is 0 Å². The number of allylic oxidation sites excluding steroid dienone is 1. The third-order valence-electron chi connectivity index (χ3n) is 2.25. The maximum Gasteiger partial charge on any atom is 0.0205 e. The number of nitrogens with one attached hydrogen (secondary N) is 1. The summed E-state index contributed by atoms with van der Waals surface area (Å²) in [7, 11) is 0. The molecular weight excluding hydrogens is 214 g/mol. The molecule has 0 aliphatic rings. The van der Waals surface area contributed by atoms with Crippen molar-refractivity contribution >= 4 is 11.8 Å². The molecule has 0 radical (unpaired) electrons. The van der Waals surface area contributed by atoms with E-state index in [1.807, 2.05) is 17.8 Å². The summed E-state index contributed by atoms with van der Waals surface area (Å²) in [6.07, 6.45) is 4.23. The topological polar surface area (TPSA) is 12.0 Å². The van der Waals surface area contributed by atoms with E-state index < -0.39 is 0 Å². The molecule has 0 saturated heterocycles. The van der Waals surface area contributed by atoms with Gasteiger partial charge in [-0.3, -0.25) is 0 Å². The minimum absolute atomic E-state index is 0.976. The number of thioether (sulfide) groups is 1. The summed E-state index contributed by atoms with van der Waals surface area (Å²) in [5.74, 6) is 1.12. The quantitative estimate of drug-likeness (QED) is 0.417. The van der Waals surface area contributed by atoms with Gasteiger partial charge in [-0.2, -0.15) is 0 Å². The van der Waals surface area contributed by atoms with Crippen LogP contribution in [0.5, 0.6) is 0 Å². The van der Waals surface area contributed by atoms with Crippen molar-refractivity contribution < 1.29 is 0 Å². The Morgan fingerprint density at radius 1 is 1.44 bits per heavy atom. The van der Waals surface area contributed by atoms with Gasteiger partial charge in [-0.15, -0.1) is 18.3 Å². The molecule has 0 unspecified atom stereocenters. The Labute approximate surface area is 103 Å². The zero-order valence-electron chi connectivity index (χ0n) is 10.0. The molecule has 0 fully saturated rings. The molecule has 0 atom stereocenters. The van der Waals surface area contributed by atoms with E-state index in [0.29, 0.717) is 0 Å². The van der Waals surface area contributed by atoms with Crippen LogP contribution in [0.25, 0.3) is 0 Å². The van der Waals surface area contributed by atoms with E-state index >= 15 is 0 Å². The van der Waals surface area contributed by atoms with Crippen LogP contribution < -0.4 is 5.32 Å². The summed E-state index contributed by atoms with van der Waals surface area (Å²) in [4.78, 5) is 1.36. The Hall–Kier alpha value is -0.730. The summed E-state index contributed by atoms with van der Waals surface area (Å²) in [5, 5.41) is 3.42. The van der Waals surface area contributed by atoms with Crippen LogP contribution in [-0.2, 0) is 6.54 Å². The predicted molar refractivity (Wildman–Crippen MR) is 74.0 cm³/mol. The first kappa shape index (κ1) is 13.3. The van der Waals surface area contributed by atoms with Crippen molar-refractivity contribution in [2.45, 2.75) is 31.2 Å². The molecular formula is C14H21NS. The molecule has 0 spiro atoms. The van der Waals surface area contributed by atoms with Crippen molar-refractivity contribution in [2.24, 2.45) is 0 Å². The lowest BCUT2D eigenvalue weighted by atomic mass is 10.2. The van der Waals surface area contributed by atoms with Gasteiger partial charge in [-0.1, -0.05) is 25.1 Å². The average molecular weight is 235 g/mol. The maximum atomic E-state index is 3.74. The molecule has 0 aromatic heterocycles. The van der Waals surface area contributed by atoms with Gasteiger partial charge in [0, 0.05) is 17.2 Å². The highest BCUT2D eigenvalue weighted by molar-refractivity contribution is 7.99. The summed E-state index contributed by atoms with van der Waals surface area (Å²) < 4.78 is 0. The second kappa shape index (κ2) is 8.43. The van der Waals surface area contributed by atoms with Crippen molar-refractivity contribution in [3.8, 4) is 0 Å². The van der Waals surface area contributed by atoms with Gasteiger partial charge in [0.2, 0.25) is 0 Å². The molecule has 0 aliphatic heterocycles. The molecule has 0 bridgehead atoms. The minimum atomic E-state index is 0.976. The molecule has 1 aromatic rings. The normalized spacial score (nSPS) is 10.3. The van der Waals surface area contributed by atoms with Crippen molar-refractivity contribution in [3.05, 3.63) is 42.5 Å². The molecule has 0 amide bonds. The first-order valence-corrected chi connectivity index (χ1v) is 6.88. The van der Waals surface area contributed by atoms with E-state index in [0.717, 1.165) is 25.3 Å². The highest BCUT2D eigenvalue weighted by atomic mass is 32.2. The molecule has 2 heteroatoms. The fourth-order valence-electron chi connectivity index (χ4n) is 1.41. The summed E-state index contributed by atoms with van der Waals surface area (Å²) in [6.45, 7) is 7.99. The molecule has 1 rings (SSSR count). The fraction of sp³-hybridized carbons (Fsp3) is 0.429. The Morgan fingerprint density at radius 2 is 2.31 bits per heavy atom. The Bertz CT molecular complexity index is 309. The van der Waals surface area contributed by atoms with Gasteiger partial charge in [-0.25, -0.2) is 0 Å². The van der Waals surface area contributed by atoms with Crippen LogP contribution in [0, 0.1) is 0 Å². The molecule has 0 aliphatic carbocycles. The second-order valence-corrected chi connectivity index (χ2v) is 4.92. The van der Waals surface area contributed by atoms with E-state index in [1.165, 1.54) is 16.9 Å². The molecule has 0 heterocycles. The molecule has 16 heavy (non-hydrogen) atoms. The van der Waals surface area contributed by atoms with Crippen molar-refractivity contribution in [2.75, 3.05) is 12.3 Å². The van der Waals surface area contributed by atoms with Crippen LogP contribution in [0.3, 0.4) is 0 Å². The van der Waals surface area contributed by atoms with Gasteiger partial charge in [0.15, 0.2) is 0 Å². The van der Waals surface area contributed by atoms with E-state index in [1.54, 1.807) is 0 Å². The van der Waals surface area contributed by atoms with E-state index in [2.05, 4.69) is 43.1 Å². The average Bonchev–Trinajstić information content (AvgIpc) is 2.30. The first-order valence-electron chi connectivity index (χ1n) is 5.90. The second-order valence-electron chi connectivity index (χ2n) is 3.75. The largest absolute Gasteiger partial charge is 0.313 e. The minimum Gasteiger partial charge on any atom is -0.313 e. The lowest BCUT2D eigenvalue weighted by Gasteiger charge is -2.05. The molecule has 1 N–H and O–H groups in total. The van der Waals surface area contributed by atoms with E-state index in [9.17, 15) is 0 Å². The molecule has 1 aromatic carbocycles. The number of rotatable bonds is 8. The van der Waals surface area contributed by atoms with Gasteiger partial charge in [-0.05, 0) is 37.1 Å². The fourth-order valence-corrected chi connectivity index (χ4v) is 2.34. The van der Waals surface area contributed by atoms with E-state index in [-0.39, 0.29) is 0 Å². The lowest BCUT2D eigenvalue weighted by Crippen LogP contribution is -2.13. The smallest absolute Gasteiger partial charge is 0.0205 e. The Balaban J connectivity index is 2.40. The summed E-state index contributed by atoms with van der Waals surface area (Å²) in [5.41, 5.74) is 1.37. The molecule has 1 nitrogen and oxygen atoms in total. The third kappa shape index (κ3) is 5.38. The van der Waals surface area contributed by atoms with Crippen LogP contribution in [0.2, 0.25) is 0 Å². The third-order valence-corrected chi connectivity index (χ3v) is 3.27. The van der Waals surface area contributed by atoms with Crippen LogP contribution >= 0.6 is 11.8 Å². The number of hydrogen-bond acceptors (Lipinski definition) is 2. The van der Waals surface area contributed by atoms with Crippen LogP contribution in [0.4, 0.5) is 0 Å². The lowest BCUT2D eigenvalue weighted by molar-refractivity contribution is 0.674. The number of hydrogen-bond donors (Lipinski definition) is 1. The van der Waals surface area contributed by atoms with Crippen molar-refractivity contribution in [3.63, 3.8) is 0 Å². The van der Waals surface area contributed by atoms with Crippen LogP contribution in [0.15, 0.2) is 41.8 Å². The van der Waals surface area contributed by atoms with Gasteiger partial charge in [0.05, 0.1) is 0 Å². The SMILES string of the molecule is C=CCCSc1cccc(CNCCC)c1. The standard InChI is InChI=1S/C14H21NS/c1-3-5-10-16-14-8-6-7-13(11-14)12-15-9-4-2/h3,6-8,11,15H,1,4-5,9-10,12H2,2H3. The zero-order valence-corrected chi connectivity index (χ0v) is 10.9. The molecule has 88 valence electrons. The van der Waals surface area contributed by atoms with Crippen LogP contribution in [0.1, 0.15) is 25.3 Å². The highest BCUT2D eigenvalue weighted by Gasteiger charge is 1.96. The first-order chi connectivity index (χ1) is 7.86. The van der Waals surface area contributed by atoms with Crippen molar-refractivity contribution in [1.82, 2.24) is 5.32 Å². The highest BCUT2D eigenvalue weighted by Crippen LogP contribution is 2.19. The van der Waals surface area contributed by atoms with Gasteiger partial charge in [0.1, 0.15) is 0 Å². The predicted octanol–water partition coefficient (Wildman–Crippen LogP) is 3.85. The van der Waals surface area contributed by atoms with Crippen LogP contribution in [-0.4, -0.2) is 12.3 Å². The van der Waals surface area contributed by atoms with Crippen molar-refractivity contribution in [1.29, 1.82) is 0 Å². The van der Waals surface area contributed by atoms with Gasteiger partial charge >= 0.3 is 0 Å². The molecule has 0 saturated carbocycles. The Kier molecular flexibility index (Phi) is 7.02. The summed E-state index contributed by atoms with van der Waals surface area (Å²) in [6, 6.07) is 8.77. The monoisotopic (exact) mass is 235 g/mol. The van der Waals surface area contributed by atoms with Gasteiger partial charge < -0.3 is 5.32 Å². The summed E-state index contributed by atoms with van der Waals surface area (Å²) >= 11 is 1.90. The Morgan fingerprint density at radius 3 is 3.06 bits per heavy atom. The number of benzene rings is 1. The zero-order chi connectivity index (χ0) is 11.6. The maximum absolute atomic E-state index is 3.74. The van der Waals surface area contributed by atoms with E-state index in [4.69, 9.17) is 0 Å².